The molecule has 0 bridgehead atoms. The molecule has 1 aliphatic heterocycles. The van der Waals surface area contributed by atoms with Crippen LogP contribution in [0.4, 0.5) is 18.9 Å². The summed E-state index contributed by atoms with van der Waals surface area (Å²) in [7, 11) is 2.11. The third-order valence-electron chi connectivity index (χ3n) is 4.17. The molecule has 1 N–H and O–H groups in total. The molecular formula is C15H21F3N2. The van der Waals surface area contributed by atoms with Gasteiger partial charge in [0.25, 0.3) is 0 Å². The number of likely N-dealkylation sites (tertiary alicyclic amines) is 1. The van der Waals surface area contributed by atoms with Crippen molar-refractivity contribution in [2.45, 2.75) is 38.5 Å². The second kappa shape index (κ2) is 5.64. The van der Waals surface area contributed by atoms with Crippen molar-refractivity contribution in [3.63, 3.8) is 0 Å². The van der Waals surface area contributed by atoms with Gasteiger partial charge >= 0.3 is 6.18 Å². The van der Waals surface area contributed by atoms with Crippen LogP contribution in [0.3, 0.4) is 0 Å². The monoisotopic (exact) mass is 286 g/mol. The highest BCUT2D eigenvalue weighted by molar-refractivity contribution is 5.46. The standard InChI is InChI=1S/C15H21F3N2/c1-10-9-20(3)11(2)8-14(10)19-13-6-4-12(5-7-13)15(16,17)18/h4-7,10-11,14,19H,8-9H2,1-3H3. The van der Waals surface area contributed by atoms with Crippen LogP contribution in [0.25, 0.3) is 0 Å². The zero-order valence-electron chi connectivity index (χ0n) is 12.0. The van der Waals surface area contributed by atoms with Gasteiger partial charge in [-0.2, -0.15) is 13.2 Å². The Morgan fingerprint density at radius 1 is 1.15 bits per heavy atom. The van der Waals surface area contributed by atoms with Crippen LogP contribution in [0.2, 0.25) is 0 Å². The average molecular weight is 286 g/mol. The number of hydrogen-bond acceptors (Lipinski definition) is 2. The Morgan fingerprint density at radius 2 is 1.75 bits per heavy atom. The topological polar surface area (TPSA) is 15.3 Å². The molecule has 0 aliphatic carbocycles. The summed E-state index contributed by atoms with van der Waals surface area (Å²) < 4.78 is 37.5. The van der Waals surface area contributed by atoms with E-state index in [9.17, 15) is 13.2 Å². The number of nitrogens with zero attached hydrogens (tertiary/aromatic N) is 1. The van der Waals surface area contributed by atoms with Crippen LogP contribution in [0.5, 0.6) is 0 Å². The highest BCUT2D eigenvalue weighted by Crippen LogP contribution is 2.30. The van der Waals surface area contributed by atoms with Crippen LogP contribution >= 0.6 is 0 Å². The predicted molar refractivity (Wildman–Crippen MR) is 74.7 cm³/mol. The maximum Gasteiger partial charge on any atom is 0.416 e. The average Bonchev–Trinajstić information content (AvgIpc) is 2.35. The van der Waals surface area contributed by atoms with Crippen LogP contribution in [0.15, 0.2) is 24.3 Å². The van der Waals surface area contributed by atoms with Crippen molar-refractivity contribution in [1.29, 1.82) is 0 Å². The molecule has 5 heteroatoms. The molecule has 20 heavy (non-hydrogen) atoms. The van der Waals surface area contributed by atoms with E-state index in [0.29, 0.717) is 18.0 Å². The summed E-state index contributed by atoms with van der Waals surface area (Å²) in [6.45, 7) is 5.34. The van der Waals surface area contributed by atoms with Gasteiger partial charge in [0.15, 0.2) is 0 Å². The number of nitrogens with one attached hydrogen (secondary N) is 1. The van der Waals surface area contributed by atoms with E-state index < -0.39 is 11.7 Å². The van der Waals surface area contributed by atoms with E-state index >= 15 is 0 Å². The van der Waals surface area contributed by atoms with Crippen molar-refractivity contribution in [3.05, 3.63) is 29.8 Å². The molecule has 2 rings (SSSR count). The minimum atomic E-state index is -4.27. The Morgan fingerprint density at radius 3 is 2.30 bits per heavy atom. The van der Waals surface area contributed by atoms with Crippen LogP contribution in [0.1, 0.15) is 25.8 Å². The molecule has 1 aromatic rings. The Hall–Kier alpha value is -1.23. The first-order valence-corrected chi connectivity index (χ1v) is 6.91. The smallest absolute Gasteiger partial charge is 0.382 e. The van der Waals surface area contributed by atoms with Crippen molar-refractivity contribution in [2.24, 2.45) is 5.92 Å². The summed E-state index contributed by atoms with van der Waals surface area (Å²) in [6.07, 6.45) is -3.27. The van der Waals surface area contributed by atoms with Crippen LogP contribution in [-0.4, -0.2) is 30.6 Å². The van der Waals surface area contributed by atoms with Crippen molar-refractivity contribution in [2.75, 3.05) is 18.9 Å². The lowest BCUT2D eigenvalue weighted by Gasteiger charge is -2.40. The van der Waals surface area contributed by atoms with Crippen molar-refractivity contribution < 1.29 is 13.2 Å². The van der Waals surface area contributed by atoms with Gasteiger partial charge in [0.1, 0.15) is 0 Å². The van der Waals surface area contributed by atoms with E-state index in [-0.39, 0.29) is 0 Å². The SMILES string of the molecule is CC1CN(C)C(C)CC1Nc1ccc(C(F)(F)F)cc1. The van der Waals surface area contributed by atoms with Gasteiger partial charge in [-0.1, -0.05) is 6.92 Å². The lowest BCUT2D eigenvalue weighted by atomic mass is 9.89. The number of hydrogen-bond donors (Lipinski definition) is 1. The second-order valence-corrected chi connectivity index (χ2v) is 5.83. The molecular weight excluding hydrogens is 265 g/mol. The third-order valence-corrected chi connectivity index (χ3v) is 4.17. The summed E-state index contributed by atoms with van der Waals surface area (Å²) in [5.41, 5.74) is 0.152. The fourth-order valence-electron chi connectivity index (χ4n) is 2.71. The van der Waals surface area contributed by atoms with E-state index in [1.807, 2.05) is 0 Å². The first kappa shape index (κ1) is 15.2. The fraction of sp³-hybridized carbons (Fsp3) is 0.600. The van der Waals surface area contributed by atoms with Crippen LogP contribution in [-0.2, 0) is 6.18 Å². The van der Waals surface area contributed by atoms with Crippen molar-refractivity contribution in [3.8, 4) is 0 Å². The van der Waals surface area contributed by atoms with E-state index in [4.69, 9.17) is 0 Å². The number of halogens is 3. The molecule has 0 saturated carbocycles. The second-order valence-electron chi connectivity index (χ2n) is 5.83. The molecule has 0 spiro atoms. The largest absolute Gasteiger partial charge is 0.416 e. The van der Waals surface area contributed by atoms with Gasteiger partial charge in [-0.15, -0.1) is 0 Å². The summed E-state index contributed by atoms with van der Waals surface area (Å²) >= 11 is 0. The number of anilines is 1. The molecule has 1 fully saturated rings. The van der Waals surface area contributed by atoms with E-state index in [2.05, 4.69) is 31.1 Å². The minimum absolute atomic E-state index is 0.304. The maximum absolute atomic E-state index is 12.5. The summed E-state index contributed by atoms with van der Waals surface area (Å²) in [5.74, 6) is 0.471. The van der Waals surface area contributed by atoms with Gasteiger partial charge in [-0.05, 0) is 50.6 Å². The number of piperidine rings is 1. The van der Waals surface area contributed by atoms with E-state index in [1.54, 1.807) is 0 Å². The molecule has 2 nitrogen and oxygen atoms in total. The summed E-state index contributed by atoms with van der Waals surface area (Å²) in [6, 6.07) is 6.07. The molecule has 0 amide bonds. The van der Waals surface area contributed by atoms with Crippen LogP contribution in [0, 0.1) is 5.92 Å². The Bertz CT molecular complexity index is 441. The minimum Gasteiger partial charge on any atom is -0.382 e. The maximum atomic E-state index is 12.5. The van der Waals surface area contributed by atoms with Gasteiger partial charge in [0.2, 0.25) is 0 Å². The summed E-state index contributed by atoms with van der Waals surface area (Å²) in [4.78, 5) is 2.32. The number of benzene rings is 1. The Labute approximate surface area is 118 Å². The lowest BCUT2D eigenvalue weighted by molar-refractivity contribution is -0.137. The van der Waals surface area contributed by atoms with Crippen molar-refractivity contribution in [1.82, 2.24) is 4.90 Å². The Kier molecular flexibility index (Phi) is 4.28. The lowest BCUT2D eigenvalue weighted by Crippen LogP contribution is -2.48. The molecule has 3 atom stereocenters. The number of alkyl halides is 3. The quantitative estimate of drug-likeness (QED) is 0.888. The molecule has 1 aliphatic rings. The van der Waals surface area contributed by atoms with Gasteiger partial charge < -0.3 is 10.2 Å². The zero-order chi connectivity index (χ0) is 14.9. The molecule has 1 saturated heterocycles. The van der Waals surface area contributed by atoms with Crippen molar-refractivity contribution >= 4 is 5.69 Å². The van der Waals surface area contributed by atoms with Gasteiger partial charge in [-0.25, -0.2) is 0 Å². The van der Waals surface area contributed by atoms with Gasteiger partial charge in [0, 0.05) is 24.3 Å². The van der Waals surface area contributed by atoms with E-state index in [1.165, 1.54) is 12.1 Å². The molecule has 1 heterocycles. The van der Waals surface area contributed by atoms with Gasteiger partial charge in [-0.3, -0.25) is 0 Å². The highest BCUT2D eigenvalue weighted by atomic mass is 19.4. The predicted octanol–water partition coefficient (Wildman–Crippen LogP) is 3.85. The molecule has 3 unspecified atom stereocenters. The first-order valence-electron chi connectivity index (χ1n) is 6.91. The molecule has 0 aromatic heterocycles. The normalized spacial score (nSPS) is 28.4. The first-order chi connectivity index (χ1) is 9.27. The Balaban J connectivity index is 2.03. The number of rotatable bonds is 2. The zero-order valence-corrected chi connectivity index (χ0v) is 12.0. The molecule has 0 radical (unpaired) electrons. The fourth-order valence-corrected chi connectivity index (χ4v) is 2.71. The third kappa shape index (κ3) is 3.45. The molecule has 112 valence electrons. The van der Waals surface area contributed by atoms with Gasteiger partial charge in [0.05, 0.1) is 5.56 Å². The van der Waals surface area contributed by atoms with Crippen LogP contribution < -0.4 is 5.32 Å². The highest BCUT2D eigenvalue weighted by Gasteiger charge is 2.31. The van der Waals surface area contributed by atoms with E-state index in [0.717, 1.165) is 30.8 Å². The summed E-state index contributed by atoms with van der Waals surface area (Å²) in [5, 5.41) is 3.37. The molecule has 1 aromatic carbocycles.